The Hall–Kier alpha value is -0.840. The first-order valence-corrected chi connectivity index (χ1v) is 11.5. The van der Waals surface area contributed by atoms with Gasteiger partial charge in [-0.05, 0) is 32.1 Å². The number of sulfonamides is 1. The average molecular weight is 360 g/mol. The molecule has 0 aliphatic heterocycles. The molecule has 0 unspecified atom stereocenters. The molecule has 0 fully saturated rings. The van der Waals surface area contributed by atoms with Crippen molar-refractivity contribution in [3.8, 4) is 0 Å². The summed E-state index contributed by atoms with van der Waals surface area (Å²) >= 11 is 0. The molecule has 0 radical (unpaired) electrons. The summed E-state index contributed by atoms with van der Waals surface area (Å²) in [6, 6.07) is 0. The Balaban J connectivity index is 3.27. The van der Waals surface area contributed by atoms with Crippen molar-refractivity contribution < 1.29 is 13.2 Å². The third-order valence-corrected chi connectivity index (χ3v) is 4.56. The van der Waals surface area contributed by atoms with Gasteiger partial charge in [0, 0.05) is 6.42 Å². The van der Waals surface area contributed by atoms with E-state index in [0.29, 0.717) is 6.42 Å². The Kier molecular flexibility index (Phi) is 15.1. The molecule has 0 aliphatic rings. The fourth-order valence-electron chi connectivity index (χ4n) is 2.61. The minimum absolute atomic E-state index is 0.297. The first kappa shape index (κ1) is 23.2. The third kappa shape index (κ3) is 19.2. The van der Waals surface area contributed by atoms with Crippen LogP contribution in [0.25, 0.3) is 0 Å². The molecule has 0 aromatic rings. The van der Waals surface area contributed by atoms with Gasteiger partial charge in [0.15, 0.2) is 0 Å². The largest absolute Gasteiger partial charge is 0.274 e. The first-order chi connectivity index (χ1) is 11.5. The number of allylic oxidation sites excluding steroid dienone is 2. The maximum atomic E-state index is 11.3. The number of carbonyl (C=O) groups excluding carboxylic acids is 1. The van der Waals surface area contributed by atoms with Crippen molar-refractivity contribution in [2.75, 3.05) is 6.26 Å². The molecule has 0 aromatic heterocycles. The minimum atomic E-state index is -3.40. The van der Waals surface area contributed by atoms with Gasteiger partial charge in [0.05, 0.1) is 6.26 Å². The molecule has 0 atom stereocenters. The summed E-state index contributed by atoms with van der Waals surface area (Å²) in [5.74, 6) is -0.393. The van der Waals surface area contributed by atoms with E-state index < -0.39 is 15.9 Å². The van der Waals surface area contributed by atoms with Crippen molar-refractivity contribution >= 4 is 15.9 Å². The monoisotopic (exact) mass is 359 g/mol. The summed E-state index contributed by atoms with van der Waals surface area (Å²) in [5, 5.41) is 0. The second-order valence-corrected chi connectivity index (χ2v) is 8.38. The molecule has 0 saturated heterocycles. The van der Waals surface area contributed by atoms with Gasteiger partial charge in [0.1, 0.15) is 0 Å². The van der Waals surface area contributed by atoms with Crippen LogP contribution in [0.15, 0.2) is 12.2 Å². The van der Waals surface area contributed by atoms with E-state index in [1.807, 2.05) is 4.72 Å². The number of nitrogens with one attached hydrogen (secondary N) is 1. The lowest BCUT2D eigenvalue weighted by Crippen LogP contribution is -2.28. The standard InChI is InChI=1S/C19H37NO3S/c1-3-4-5-6-7-8-9-10-11-12-13-14-15-16-17-18-19(21)20-24(2,22)23/h10-11H,3-9,12-18H2,1-2H3,(H,20,21)/b11-10-. The van der Waals surface area contributed by atoms with Gasteiger partial charge in [-0.1, -0.05) is 70.4 Å². The fourth-order valence-corrected chi connectivity index (χ4v) is 3.13. The Bertz CT molecular complexity index is 430. The molecule has 4 nitrogen and oxygen atoms in total. The Morgan fingerprint density at radius 2 is 1.25 bits per heavy atom. The van der Waals surface area contributed by atoms with Gasteiger partial charge in [-0.25, -0.2) is 8.42 Å². The highest BCUT2D eigenvalue weighted by Gasteiger charge is 2.07. The topological polar surface area (TPSA) is 63.2 Å². The van der Waals surface area contributed by atoms with Crippen molar-refractivity contribution in [3.05, 3.63) is 12.2 Å². The molecule has 5 heteroatoms. The zero-order valence-corrected chi connectivity index (χ0v) is 16.5. The molecule has 0 spiro atoms. The van der Waals surface area contributed by atoms with E-state index in [0.717, 1.165) is 31.9 Å². The summed E-state index contributed by atoms with van der Waals surface area (Å²) in [7, 11) is -3.40. The molecule has 0 aliphatic carbocycles. The van der Waals surface area contributed by atoms with Crippen molar-refractivity contribution in [2.45, 2.75) is 96.8 Å². The van der Waals surface area contributed by atoms with Crippen LogP contribution >= 0.6 is 0 Å². The molecular formula is C19H37NO3S. The number of unbranched alkanes of at least 4 members (excludes halogenated alkanes) is 11. The second kappa shape index (κ2) is 15.7. The first-order valence-electron chi connectivity index (χ1n) is 9.61. The van der Waals surface area contributed by atoms with Gasteiger partial charge in [-0.15, -0.1) is 0 Å². The third-order valence-electron chi connectivity index (χ3n) is 3.96. The van der Waals surface area contributed by atoms with Crippen molar-refractivity contribution in [2.24, 2.45) is 0 Å². The number of amides is 1. The highest BCUT2D eigenvalue weighted by Crippen LogP contribution is 2.09. The summed E-state index contributed by atoms with van der Waals surface area (Å²) in [5.41, 5.74) is 0. The molecule has 0 aromatic carbocycles. The second-order valence-electron chi connectivity index (χ2n) is 6.63. The van der Waals surface area contributed by atoms with Gasteiger partial charge in [-0.3, -0.25) is 9.52 Å². The van der Waals surface area contributed by atoms with E-state index in [1.165, 1.54) is 57.8 Å². The van der Waals surface area contributed by atoms with Gasteiger partial charge < -0.3 is 0 Å². The van der Waals surface area contributed by atoms with E-state index in [-0.39, 0.29) is 0 Å². The Morgan fingerprint density at radius 3 is 1.75 bits per heavy atom. The highest BCUT2D eigenvalue weighted by molar-refractivity contribution is 7.89. The van der Waals surface area contributed by atoms with Crippen molar-refractivity contribution in [1.82, 2.24) is 4.72 Å². The smallest absolute Gasteiger partial charge is 0.233 e. The molecule has 142 valence electrons. The molecule has 1 N–H and O–H groups in total. The fraction of sp³-hybridized carbons (Fsp3) is 0.842. The van der Waals surface area contributed by atoms with Gasteiger partial charge in [0.25, 0.3) is 0 Å². The molecule has 1 amide bonds. The van der Waals surface area contributed by atoms with E-state index in [9.17, 15) is 13.2 Å². The van der Waals surface area contributed by atoms with Crippen molar-refractivity contribution in [1.29, 1.82) is 0 Å². The SMILES string of the molecule is CCCCCCCC/C=C\CCCCCCCC(=O)NS(C)(=O)=O. The zero-order valence-electron chi connectivity index (χ0n) is 15.7. The van der Waals surface area contributed by atoms with Crippen LogP contribution in [0.2, 0.25) is 0 Å². The van der Waals surface area contributed by atoms with Gasteiger partial charge in [0.2, 0.25) is 15.9 Å². The predicted molar refractivity (Wildman–Crippen MR) is 102 cm³/mol. The maximum Gasteiger partial charge on any atom is 0.233 e. The predicted octanol–water partition coefficient (Wildman–Crippen LogP) is 5.10. The number of hydrogen-bond donors (Lipinski definition) is 1. The summed E-state index contributed by atoms with van der Waals surface area (Å²) in [6.45, 7) is 2.25. The van der Waals surface area contributed by atoms with Crippen molar-refractivity contribution in [3.63, 3.8) is 0 Å². The van der Waals surface area contributed by atoms with Crippen LogP contribution in [-0.2, 0) is 14.8 Å². The Labute approximate surface area is 149 Å². The van der Waals surface area contributed by atoms with Crippen LogP contribution in [0.3, 0.4) is 0 Å². The van der Waals surface area contributed by atoms with Crippen LogP contribution in [0, 0.1) is 0 Å². The van der Waals surface area contributed by atoms with E-state index >= 15 is 0 Å². The number of rotatable bonds is 16. The van der Waals surface area contributed by atoms with Crippen LogP contribution in [-0.4, -0.2) is 20.6 Å². The number of carbonyl (C=O) groups is 1. The maximum absolute atomic E-state index is 11.3. The molecule has 0 rings (SSSR count). The van der Waals surface area contributed by atoms with Crippen LogP contribution < -0.4 is 4.72 Å². The lowest BCUT2D eigenvalue weighted by Gasteiger charge is -2.02. The molecular weight excluding hydrogens is 322 g/mol. The van der Waals surface area contributed by atoms with Crippen LogP contribution in [0.1, 0.15) is 96.8 Å². The summed E-state index contributed by atoms with van der Waals surface area (Å²) in [6.07, 6.45) is 21.6. The van der Waals surface area contributed by atoms with E-state index in [1.54, 1.807) is 0 Å². The van der Waals surface area contributed by atoms with Crippen LogP contribution in [0.5, 0.6) is 0 Å². The normalized spacial score (nSPS) is 11.9. The molecule has 0 bridgehead atoms. The highest BCUT2D eigenvalue weighted by atomic mass is 32.2. The van der Waals surface area contributed by atoms with Gasteiger partial charge >= 0.3 is 0 Å². The summed E-state index contributed by atoms with van der Waals surface area (Å²) in [4.78, 5) is 11.3. The number of hydrogen-bond acceptors (Lipinski definition) is 3. The minimum Gasteiger partial charge on any atom is -0.274 e. The van der Waals surface area contributed by atoms with E-state index in [2.05, 4.69) is 19.1 Å². The average Bonchev–Trinajstić information content (AvgIpc) is 2.49. The summed E-state index contributed by atoms with van der Waals surface area (Å²) < 4.78 is 23.7. The quantitative estimate of drug-likeness (QED) is 0.308. The van der Waals surface area contributed by atoms with E-state index in [4.69, 9.17) is 0 Å². The lowest BCUT2D eigenvalue weighted by molar-refractivity contribution is -0.119. The van der Waals surface area contributed by atoms with Crippen LogP contribution in [0.4, 0.5) is 0 Å². The van der Waals surface area contributed by atoms with Gasteiger partial charge in [-0.2, -0.15) is 0 Å². The lowest BCUT2D eigenvalue weighted by atomic mass is 10.1. The molecule has 24 heavy (non-hydrogen) atoms. The molecule has 0 heterocycles. The zero-order chi connectivity index (χ0) is 18.1. The Morgan fingerprint density at radius 1 is 0.792 bits per heavy atom. The molecule has 0 saturated carbocycles.